The topological polar surface area (TPSA) is 68.3 Å². The van der Waals surface area contributed by atoms with E-state index < -0.39 is 10.8 Å². The summed E-state index contributed by atoms with van der Waals surface area (Å²) in [6, 6.07) is 12.3. The van der Waals surface area contributed by atoms with Crippen LogP contribution in [0.3, 0.4) is 0 Å². The van der Waals surface area contributed by atoms with Crippen LogP contribution in [0.5, 0.6) is 5.88 Å². The first-order valence-corrected chi connectivity index (χ1v) is 7.66. The molecule has 5 nitrogen and oxygen atoms in total. The molecule has 2 aromatic rings. The molecule has 6 heteroatoms. The molecule has 2 rings (SSSR count). The molecule has 1 aromatic carbocycles. The fourth-order valence-electron chi connectivity index (χ4n) is 1.76. The van der Waals surface area contributed by atoms with Gasteiger partial charge in [0, 0.05) is 23.6 Å². The summed E-state index contributed by atoms with van der Waals surface area (Å²) in [6.45, 7) is 1.44. The van der Waals surface area contributed by atoms with E-state index in [0.29, 0.717) is 27.9 Å². The lowest BCUT2D eigenvalue weighted by molar-refractivity contribution is -0.114. The Morgan fingerprint density at radius 2 is 1.95 bits per heavy atom. The van der Waals surface area contributed by atoms with Gasteiger partial charge in [-0.05, 0) is 30.3 Å². The third-order valence-corrected chi connectivity index (χ3v) is 4.06. The second-order valence-electron chi connectivity index (χ2n) is 4.37. The number of hydrogen-bond acceptors (Lipinski definition) is 4. The highest BCUT2D eigenvalue weighted by Gasteiger charge is 2.07. The Kier molecular flexibility index (Phi) is 5.05. The molecule has 0 radical (unpaired) electrons. The minimum Gasteiger partial charge on any atom is -0.481 e. The van der Waals surface area contributed by atoms with Gasteiger partial charge in [0.25, 0.3) is 0 Å². The number of rotatable bonds is 5. The average molecular weight is 304 g/mol. The third-order valence-electron chi connectivity index (χ3n) is 2.71. The van der Waals surface area contributed by atoms with E-state index in [4.69, 9.17) is 4.74 Å². The molecule has 1 heterocycles. The summed E-state index contributed by atoms with van der Waals surface area (Å²) in [7, 11) is 0.349. The van der Waals surface area contributed by atoms with E-state index in [-0.39, 0.29) is 5.91 Å². The van der Waals surface area contributed by atoms with Crippen LogP contribution in [-0.4, -0.2) is 22.2 Å². The van der Waals surface area contributed by atoms with Gasteiger partial charge in [0.1, 0.15) is 0 Å². The van der Waals surface area contributed by atoms with E-state index in [1.807, 2.05) is 12.1 Å². The van der Waals surface area contributed by atoms with Crippen molar-refractivity contribution in [3.8, 4) is 5.88 Å². The van der Waals surface area contributed by atoms with Gasteiger partial charge in [-0.25, -0.2) is 4.98 Å². The van der Waals surface area contributed by atoms with Crippen molar-refractivity contribution >= 4 is 22.4 Å². The number of pyridine rings is 1. The number of anilines is 1. The van der Waals surface area contributed by atoms with Crippen LogP contribution in [0.15, 0.2) is 47.4 Å². The Bertz CT molecular complexity index is 656. The number of ether oxygens (including phenoxy) is 1. The van der Waals surface area contributed by atoms with E-state index in [1.54, 1.807) is 37.4 Å². The minimum atomic E-state index is -1.20. The molecule has 110 valence electrons. The van der Waals surface area contributed by atoms with Gasteiger partial charge in [-0.3, -0.25) is 9.00 Å². The van der Waals surface area contributed by atoms with Crippen LogP contribution >= 0.6 is 0 Å². The zero-order chi connectivity index (χ0) is 15.2. The number of carbonyl (C=O) groups excluding carboxylic acids is 1. The highest BCUT2D eigenvalue weighted by Crippen LogP contribution is 2.16. The zero-order valence-corrected chi connectivity index (χ0v) is 12.6. The normalized spacial score (nSPS) is 11.7. The van der Waals surface area contributed by atoms with Gasteiger partial charge in [0.15, 0.2) is 0 Å². The molecule has 0 unspecified atom stereocenters. The van der Waals surface area contributed by atoms with Gasteiger partial charge in [-0.1, -0.05) is 6.07 Å². The van der Waals surface area contributed by atoms with Crippen molar-refractivity contribution in [3.05, 3.63) is 48.2 Å². The molecule has 0 bridgehead atoms. The summed E-state index contributed by atoms with van der Waals surface area (Å²) in [5.41, 5.74) is 1.39. The van der Waals surface area contributed by atoms with Crippen LogP contribution in [0.2, 0.25) is 0 Å². The van der Waals surface area contributed by atoms with Crippen LogP contribution in [0.25, 0.3) is 0 Å². The van der Waals surface area contributed by atoms with E-state index >= 15 is 0 Å². The average Bonchev–Trinajstić information content (AvgIpc) is 2.47. The van der Waals surface area contributed by atoms with Crippen LogP contribution < -0.4 is 10.1 Å². The molecular weight excluding hydrogens is 288 g/mol. The van der Waals surface area contributed by atoms with Crippen LogP contribution in [0.4, 0.5) is 5.69 Å². The quantitative estimate of drug-likeness (QED) is 0.920. The predicted octanol–water partition coefficient (Wildman–Crippen LogP) is 2.36. The fraction of sp³-hybridized carbons (Fsp3) is 0.200. The lowest BCUT2D eigenvalue weighted by atomic mass is 10.3. The molecule has 1 aromatic heterocycles. The third kappa shape index (κ3) is 4.39. The van der Waals surface area contributed by atoms with Crippen molar-refractivity contribution in [3.63, 3.8) is 0 Å². The highest BCUT2D eigenvalue weighted by molar-refractivity contribution is 7.84. The standard InChI is InChI=1S/C15H16N2O3S/c1-11(18)16-12-6-8-14(9-7-12)21(19)10-13-4-3-5-15(17-13)20-2/h3-9H,10H2,1-2H3,(H,16,18)/t21-/m1/s1. The molecule has 21 heavy (non-hydrogen) atoms. The van der Waals surface area contributed by atoms with Crippen molar-refractivity contribution in [1.82, 2.24) is 4.98 Å². The summed E-state index contributed by atoms with van der Waals surface area (Å²) < 4.78 is 17.3. The molecule has 0 aliphatic carbocycles. The second kappa shape index (κ2) is 6.99. The van der Waals surface area contributed by atoms with Gasteiger partial charge in [0.2, 0.25) is 11.8 Å². The van der Waals surface area contributed by atoms with Crippen LogP contribution in [-0.2, 0) is 21.3 Å². The van der Waals surface area contributed by atoms with Crippen molar-refractivity contribution in [2.45, 2.75) is 17.6 Å². The SMILES string of the molecule is COc1cccc(C[S@@](=O)c2ccc(NC(C)=O)cc2)n1. The molecule has 1 N–H and O–H groups in total. The van der Waals surface area contributed by atoms with E-state index in [2.05, 4.69) is 10.3 Å². The lowest BCUT2D eigenvalue weighted by Gasteiger charge is -2.06. The molecular formula is C15H16N2O3S. The smallest absolute Gasteiger partial charge is 0.221 e. The molecule has 0 aliphatic heterocycles. The summed E-state index contributed by atoms with van der Waals surface area (Å²) in [5.74, 6) is 0.686. The number of benzene rings is 1. The van der Waals surface area contributed by atoms with Crippen molar-refractivity contribution in [2.75, 3.05) is 12.4 Å². The number of amides is 1. The number of nitrogens with one attached hydrogen (secondary N) is 1. The predicted molar refractivity (Wildman–Crippen MR) is 81.6 cm³/mol. The van der Waals surface area contributed by atoms with Crippen molar-refractivity contribution < 1.29 is 13.7 Å². The van der Waals surface area contributed by atoms with E-state index in [1.165, 1.54) is 6.92 Å². The Morgan fingerprint density at radius 3 is 2.57 bits per heavy atom. The summed E-state index contributed by atoms with van der Waals surface area (Å²) in [6.07, 6.45) is 0. The minimum absolute atomic E-state index is 0.135. The fourth-order valence-corrected chi connectivity index (χ4v) is 2.80. The van der Waals surface area contributed by atoms with Crippen molar-refractivity contribution in [1.29, 1.82) is 0 Å². The van der Waals surface area contributed by atoms with Gasteiger partial charge in [-0.15, -0.1) is 0 Å². The van der Waals surface area contributed by atoms with Crippen molar-refractivity contribution in [2.24, 2.45) is 0 Å². The maximum absolute atomic E-state index is 12.3. The second-order valence-corrected chi connectivity index (χ2v) is 5.82. The molecule has 0 fully saturated rings. The van der Waals surface area contributed by atoms with E-state index in [9.17, 15) is 9.00 Å². The Labute approximate surface area is 125 Å². The van der Waals surface area contributed by atoms with Crippen LogP contribution in [0, 0.1) is 0 Å². The zero-order valence-electron chi connectivity index (χ0n) is 11.8. The number of methoxy groups -OCH3 is 1. The molecule has 0 saturated heterocycles. The maximum Gasteiger partial charge on any atom is 0.221 e. The Hall–Kier alpha value is -2.21. The number of nitrogens with zero attached hydrogens (tertiary/aromatic N) is 1. The maximum atomic E-state index is 12.3. The van der Waals surface area contributed by atoms with E-state index in [0.717, 1.165) is 0 Å². The molecule has 1 amide bonds. The Balaban J connectivity index is 2.07. The first-order valence-electron chi connectivity index (χ1n) is 6.34. The van der Waals surface area contributed by atoms with Gasteiger partial charge < -0.3 is 10.1 Å². The number of carbonyl (C=O) groups is 1. The van der Waals surface area contributed by atoms with Gasteiger partial charge in [-0.2, -0.15) is 0 Å². The molecule has 0 aliphatic rings. The summed E-state index contributed by atoms with van der Waals surface area (Å²) >= 11 is 0. The summed E-state index contributed by atoms with van der Waals surface area (Å²) in [5, 5.41) is 2.67. The molecule has 0 saturated carbocycles. The van der Waals surface area contributed by atoms with Gasteiger partial charge >= 0.3 is 0 Å². The largest absolute Gasteiger partial charge is 0.481 e. The van der Waals surface area contributed by atoms with Crippen LogP contribution in [0.1, 0.15) is 12.6 Å². The Morgan fingerprint density at radius 1 is 1.24 bits per heavy atom. The molecule has 0 spiro atoms. The number of aromatic nitrogens is 1. The van der Waals surface area contributed by atoms with Gasteiger partial charge in [0.05, 0.1) is 29.4 Å². The number of hydrogen-bond donors (Lipinski definition) is 1. The lowest BCUT2D eigenvalue weighted by Crippen LogP contribution is -2.05. The molecule has 1 atom stereocenters. The summed E-state index contributed by atoms with van der Waals surface area (Å²) in [4.78, 5) is 15.9. The highest BCUT2D eigenvalue weighted by atomic mass is 32.2. The first-order chi connectivity index (χ1) is 10.1. The monoisotopic (exact) mass is 304 g/mol. The first kappa shape index (κ1) is 15.2.